The van der Waals surface area contributed by atoms with Gasteiger partial charge < -0.3 is 5.32 Å². The topological polar surface area (TPSA) is 96.0 Å². The normalized spacial score (nSPS) is 9.55. The maximum absolute atomic E-state index is 12.0. The van der Waals surface area contributed by atoms with E-state index in [1.807, 2.05) is 6.07 Å². The second-order valence-electron chi connectivity index (χ2n) is 3.92. The van der Waals surface area contributed by atoms with Crippen molar-refractivity contribution in [1.29, 1.82) is 5.26 Å². The SMILES string of the molecule is N#Cc1cccc(NC(=O)c2ccccc2[N+](=O)[O-])c1. The predicted octanol–water partition coefficient (Wildman–Crippen LogP) is 2.72. The van der Waals surface area contributed by atoms with Gasteiger partial charge in [0, 0.05) is 11.8 Å². The Balaban J connectivity index is 2.29. The number of nitrogens with zero attached hydrogens (tertiary/aromatic N) is 2. The molecule has 1 amide bonds. The average molecular weight is 267 g/mol. The zero-order valence-electron chi connectivity index (χ0n) is 10.2. The van der Waals surface area contributed by atoms with E-state index in [-0.39, 0.29) is 11.3 Å². The molecule has 2 aromatic carbocycles. The van der Waals surface area contributed by atoms with E-state index in [1.165, 1.54) is 24.3 Å². The largest absolute Gasteiger partial charge is 0.322 e. The first kappa shape index (κ1) is 13.2. The number of nitrogens with one attached hydrogen (secondary N) is 1. The molecule has 0 heterocycles. The van der Waals surface area contributed by atoms with Crippen LogP contribution in [0.25, 0.3) is 0 Å². The number of anilines is 1. The third-order valence-electron chi connectivity index (χ3n) is 2.59. The predicted molar refractivity (Wildman–Crippen MR) is 72.2 cm³/mol. The fraction of sp³-hybridized carbons (Fsp3) is 0. The molecule has 2 aromatic rings. The Morgan fingerprint density at radius 1 is 1.20 bits per heavy atom. The lowest BCUT2D eigenvalue weighted by Gasteiger charge is -2.05. The molecule has 0 aliphatic heterocycles. The lowest BCUT2D eigenvalue weighted by molar-refractivity contribution is -0.385. The standard InChI is InChI=1S/C14H9N3O3/c15-9-10-4-3-5-11(8-10)16-14(18)12-6-1-2-7-13(12)17(19)20/h1-8H,(H,16,18). The van der Waals surface area contributed by atoms with E-state index in [2.05, 4.69) is 5.32 Å². The molecular formula is C14H9N3O3. The number of para-hydroxylation sites is 1. The van der Waals surface area contributed by atoms with E-state index in [0.717, 1.165) is 0 Å². The van der Waals surface area contributed by atoms with Crippen molar-refractivity contribution in [3.05, 3.63) is 69.8 Å². The Hall–Kier alpha value is -3.20. The first-order chi connectivity index (χ1) is 9.61. The fourth-order valence-electron chi connectivity index (χ4n) is 1.69. The summed E-state index contributed by atoms with van der Waals surface area (Å²) in [5.74, 6) is -0.590. The molecule has 0 saturated heterocycles. The molecule has 1 N–H and O–H groups in total. The van der Waals surface area contributed by atoms with E-state index in [4.69, 9.17) is 5.26 Å². The van der Waals surface area contributed by atoms with Gasteiger partial charge in [0.1, 0.15) is 5.56 Å². The number of hydrogen-bond acceptors (Lipinski definition) is 4. The molecule has 6 nitrogen and oxygen atoms in total. The molecular weight excluding hydrogens is 258 g/mol. The average Bonchev–Trinajstić information content (AvgIpc) is 2.47. The van der Waals surface area contributed by atoms with Crippen LogP contribution < -0.4 is 5.32 Å². The van der Waals surface area contributed by atoms with Crippen LogP contribution in [0.15, 0.2) is 48.5 Å². The number of hydrogen-bond donors (Lipinski definition) is 1. The highest BCUT2D eigenvalue weighted by Crippen LogP contribution is 2.19. The quantitative estimate of drug-likeness (QED) is 0.683. The third kappa shape index (κ3) is 2.79. The second-order valence-corrected chi connectivity index (χ2v) is 3.92. The van der Waals surface area contributed by atoms with Crippen molar-refractivity contribution in [3.8, 4) is 6.07 Å². The maximum Gasteiger partial charge on any atom is 0.282 e. The molecule has 98 valence electrons. The summed E-state index contributed by atoms with van der Waals surface area (Å²) >= 11 is 0. The van der Waals surface area contributed by atoms with Crippen LogP contribution in [-0.2, 0) is 0 Å². The molecule has 0 unspecified atom stereocenters. The van der Waals surface area contributed by atoms with Crippen molar-refractivity contribution >= 4 is 17.3 Å². The highest BCUT2D eigenvalue weighted by atomic mass is 16.6. The van der Waals surface area contributed by atoms with Gasteiger partial charge in [0.15, 0.2) is 0 Å². The monoisotopic (exact) mass is 267 g/mol. The highest BCUT2D eigenvalue weighted by Gasteiger charge is 2.19. The van der Waals surface area contributed by atoms with Gasteiger partial charge in [-0.15, -0.1) is 0 Å². The van der Waals surface area contributed by atoms with Gasteiger partial charge in [0.25, 0.3) is 11.6 Å². The Morgan fingerprint density at radius 3 is 2.65 bits per heavy atom. The third-order valence-corrected chi connectivity index (χ3v) is 2.59. The van der Waals surface area contributed by atoms with Gasteiger partial charge in [-0.1, -0.05) is 18.2 Å². The Bertz CT molecular complexity index is 720. The number of rotatable bonds is 3. The Labute approximate surface area is 114 Å². The second kappa shape index (κ2) is 5.63. The van der Waals surface area contributed by atoms with Crippen LogP contribution in [0.1, 0.15) is 15.9 Å². The van der Waals surface area contributed by atoms with Gasteiger partial charge in [-0.3, -0.25) is 14.9 Å². The van der Waals surface area contributed by atoms with Gasteiger partial charge >= 0.3 is 0 Å². The van der Waals surface area contributed by atoms with Crippen LogP contribution in [-0.4, -0.2) is 10.8 Å². The zero-order valence-corrected chi connectivity index (χ0v) is 10.2. The molecule has 0 aromatic heterocycles. The minimum absolute atomic E-state index is 0.0279. The first-order valence-electron chi connectivity index (χ1n) is 5.67. The van der Waals surface area contributed by atoms with Crippen LogP contribution in [0.2, 0.25) is 0 Å². The number of carbonyl (C=O) groups is 1. The van der Waals surface area contributed by atoms with Crippen LogP contribution in [0.4, 0.5) is 11.4 Å². The summed E-state index contributed by atoms with van der Waals surface area (Å²) in [4.78, 5) is 22.3. The minimum atomic E-state index is -0.611. The van der Waals surface area contributed by atoms with E-state index in [9.17, 15) is 14.9 Å². The molecule has 0 aliphatic carbocycles. The molecule has 0 saturated carbocycles. The van der Waals surface area contributed by atoms with Crippen LogP contribution in [0.5, 0.6) is 0 Å². The van der Waals surface area contributed by atoms with Crippen molar-refractivity contribution in [2.24, 2.45) is 0 Å². The van der Waals surface area contributed by atoms with Gasteiger partial charge in [0.2, 0.25) is 0 Å². The molecule has 0 aliphatic rings. The molecule has 0 bridgehead atoms. The lowest BCUT2D eigenvalue weighted by atomic mass is 10.1. The van der Waals surface area contributed by atoms with Crippen LogP contribution in [0.3, 0.4) is 0 Å². The zero-order chi connectivity index (χ0) is 14.5. The maximum atomic E-state index is 12.0. The number of nitro benzene ring substituents is 1. The first-order valence-corrected chi connectivity index (χ1v) is 5.67. The molecule has 0 radical (unpaired) electrons. The molecule has 6 heteroatoms. The molecule has 0 spiro atoms. The van der Waals surface area contributed by atoms with Crippen molar-refractivity contribution in [2.45, 2.75) is 0 Å². The van der Waals surface area contributed by atoms with Crippen LogP contribution in [0, 0.1) is 21.4 Å². The summed E-state index contributed by atoms with van der Waals surface area (Å²) in [6, 6.07) is 13.9. The number of benzene rings is 2. The Kier molecular flexibility index (Phi) is 3.72. The summed E-state index contributed by atoms with van der Waals surface area (Å²) in [5, 5.41) is 22.2. The van der Waals surface area contributed by atoms with E-state index >= 15 is 0 Å². The van der Waals surface area contributed by atoms with Gasteiger partial charge in [0.05, 0.1) is 16.6 Å². The summed E-state index contributed by atoms with van der Waals surface area (Å²) in [6.07, 6.45) is 0. The fourth-order valence-corrected chi connectivity index (χ4v) is 1.69. The van der Waals surface area contributed by atoms with E-state index in [0.29, 0.717) is 11.3 Å². The smallest absolute Gasteiger partial charge is 0.282 e. The van der Waals surface area contributed by atoms with Crippen LogP contribution >= 0.6 is 0 Å². The summed E-state index contributed by atoms with van der Waals surface area (Å²) in [5.41, 5.74) is 0.513. The molecule has 0 fully saturated rings. The van der Waals surface area contributed by atoms with E-state index < -0.39 is 10.8 Å². The van der Waals surface area contributed by atoms with Crippen molar-refractivity contribution in [3.63, 3.8) is 0 Å². The Morgan fingerprint density at radius 2 is 1.95 bits per heavy atom. The summed E-state index contributed by atoms with van der Waals surface area (Å²) in [7, 11) is 0. The minimum Gasteiger partial charge on any atom is -0.322 e. The number of carbonyl (C=O) groups excluding carboxylic acids is 1. The van der Waals surface area contributed by atoms with E-state index in [1.54, 1.807) is 24.3 Å². The number of amides is 1. The van der Waals surface area contributed by atoms with Gasteiger partial charge in [-0.05, 0) is 24.3 Å². The molecule has 2 rings (SSSR count). The summed E-state index contributed by atoms with van der Waals surface area (Å²) < 4.78 is 0. The lowest BCUT2D eigenvalue weighted by Crippen LogP contribution is -2.13. The highest BCUT2D eigenvalue weighted by molar-refractivity contribution is 6.07. The van der Waals surface area contributed by atoms with Gasteiger partial charge in [-0.2, -0.15) is 5.26 Å². The van der Waals surface area contributed by atoms with Crippen molar-refractivity contribution < 1.29 is 9.72 Å². The summed E-state index contributed by atoms with van der Waals surface area (Å²) in [6.45, 7) is 0. The molecule has 20 heavy (non-hydrogen) atoms. The van der Waals surface area contributed by atoms with Gasteiger partial charge in [-0.25, -0.2) is 0 Å². The van der Waals surface area contributed by atoms with Crippen molar-refractivity contribution in [2.75, 3.05) is 5.32 Å². The van der Waals surface area contributed by atoms with Crippen molar-refractivity contribution in [1.82, 2.24) is 0 Å². The molecule has 0 atom stereocenters. The number of nitro groups is 1. The number of nitriles is 1.